The van der Waals surface area contributed by atoms with Gasteiger partial charge in [-0.25, -0.2) is 0 Å². The zero-order valence-electron chi connectivity index (χ0n) is 10.1. The lowest BCUT2D eigenvalue weighted by Gasteiger charge is -2.28. The Labute approximate surface area is 107 Å². The number of hydrogen-bond acceptors (Lipinski definition) is 0. The molecule has 0 fully saturated rings. The lowest BCUT2D eigenvalue weighted by Crippen LogP contribution is -2.13. The molecular weight excluding hydrogens is 260 g/mol. The molecule has 0 nitrogen and oxygen atoms in total. The normalized spacial score (nSPS) is 19.3. The molecule has 1 aliphatic rings. The summed E-state index contributed by atoms with van der Waals surface area (Å²) in [5, 5.41) is 0.944. The highest BCUT2D eigenvalue weighted by molar-refractivity contribution is 9.08. The number of allylic oxidation sites excluding steroid dienone is 2. The summed E-state index contributed by atoms with van der Waals surface area (Å²) < 4.78 is 0. The summed E-state index contributed by atoms with van der Waals surface area (Å²) in [6.45, 7) is 4.71. The molecule has 86 valence electrons. The van der Waals surface area contributed by atoms with Gasteiger partial charge < -0.3 is 0 Å². The van der Waals surface area contributed by atoms with Crippen molar-refractivity contribution in [2.45, 2.75) is 38.4 Å². The summed E-state index contributed by atoms with van der Waals surface area (Å²) in [5.74, 6) is 0. The van der Waals surface area contributed by atoms with Gasteiger partial charge in [-0.1, -0.05) is 60.1 Å². The van der Waals surface area contributed by atoms with Gasteiger partial charge in [0.1, 0.15) is 0 Å². The minimum Gasteiger partial charge on any atom is -0.0876 e. The van der Waals surface area contributed by atoms with Gasteiger partial charge in [0, 0.05) is 5.33 Å². The smallest absolute Gasteiger partial charge is 0.0283 e. The largest absolute Gasteiger partial charge is 0.0876 e. The Kier molecular flexibility index (Phi) is 3.53. The van der Waals surface area contributed by atoms with Gasteiger partial charge >= 0.3 is 0 Å². The average Bonchev–Trinajstić information content (AvgIpc) is 2.29. The van der Waals surface area contributed by atoms with Crippen LogP contribution in [0.25, 0.3) is 5.57 Å². The molecule has 0 atom stereocenters. The maximum Gasteiger partial charge on any atom is 0.0283 e. The van der Waals surface area contributed by atoms with Crippen LogP contribution in [0, 0.1) is 5.41 Å². The van der Waals surface area contributed by atoms with E-state index in [0.717, 1.165) is 5.33 Å². The molecule has 16 heavy (non-hydrogen) atoms. The van der Waals surface area contributed by atoms with E-state index in [4.69, 9.17) is 0 Å². The first-order valence-electron chi connectivity index (χ1n) is 5.95. The SMILES string of the molecule is CC1(C)CC=C(c2ccc(CBr)cc2)CC1. The molecule has 0 heterocycles. The van der Waals surface area contributed by atoms with Crippen LogP contribution < -0.4 is 0 Å². The highest BCUT2D eigenvalue weighted by atomic mass is 79.9. The molecule has 2 rings (SSSR count). The number of halogens is 1. The molecule has 0 amide bonds. The predicted octanol–water partition coefficient (Wildman–Crippen LogP) is 5.18. The second-order valence-electron chi connectivity index (χ2n) is 5.43. The molecule has 0 radical (unpaired) electrons. The topological polar surface area (TPSA) is 0 Å². The molecule has 0 spiro atoms. The van der Waals surface area contributed by atoms with E-state index < -0.39 is 0 Å². The van der Waals surface area contributed by atoms with Gasteiger partial charge in [0.25, 0.3) is 0 Å². The lowest BCUT2D eigenvalue weighted by molar-refractivity contribution is 0.335. The Morgan fingerprint density at radius 1 is 1.19 bits per heavy atom. The third kappa shape index (κ3) is 2.76. The van der Waals surface area contributed by atoms with Crippen molar-refractivity contribution in [2.75, 3.05) is 0 Å². The fraction of sp³-hybridized carbons (Fsp3) is 0.467. The maximum absolute atomic E-state index is 3.48. The van der Waals surface area contributed by atoms with Crippen LogP contribution in [0.5, 0.6) is 0 Å². The molecule has 0 bridgehead atoms. The second kappa shape index (κ2) is 4.75. The van der Waals surface area contributed by atoms with Crippen molar-refractivity contribution < 1.29 is 0 Å². The Morgan fingerprint density at radius 3 is 2.38 bits per heavy atom. The Hall–Kier alpha value is -0.560. The molecule has 0 saturated carbocycles. The molecular formula is C15H19Br. The number of alkyl halides is 1. The van der Waals surface area contributed by atoms with Crippen LogP contribution in [0.15, 0.2) is 30.3 Å². The molecule has 0 aliphatic heterocycles. The van der Waals surface area contributed by atoms with E-state index in [2.05, 4.69) is 60.1 Å². The van der Waals surface area contributed by atoms with E-state index in [9.17, 15) is 0 Å². The number of rotatable bonds is 2. The molecule has 1 aliphatic carbocycles. The molecule has 0 unspecified atom stereocenters. The summed E-state index contributed by atoms with van der Waals surface area (Å²) >= 11 is 3.48. The van der Waals surface area contributed by atoms with Crippen molar-refractivity contribution in [3.8, 4) is 0 Å². The minimum absolute atomic E-state index is 0.499. The molecule has 1 aromatic carbocycles. The van der Waals surface area contributed by atoms with Gasteiger partial charge in [-0.3, -0.25) is 0 Å². The van der Waals surface area contributed by atoms with E-state index in [-0.39, 0.29) is 0 Å². The summed E-state index contributed by atoms with van der Waals surface area (Å²) in [7, 11) is 0. The minimum atomic E-state index is 0.499. The molecule has 0 aromatic heterocycles. The Morgan fingerprint density at radius 2 is 1.88 bits per heavy atom. The third-order valence-corrected chi connectivity index (χ3v) is 4.10. The van der Waals surface area contributed by atoms with Crippen molar-refractivity contribution in [1.82, 2.24) is 0 Å². The van der Waals surface area contributed by atoms with Crippen molar-refractivity contribution in [1.29, 1.82) is 0 Å². The average molecular weight is 279 g/mol. The van der Waals surface area contributed by atoms with Gasteiger partial charge in [-0.05, 0) is 41.4 Å². The first-order chi connectivity index (χ1) is 7.61. The summed E-state index contributed by atoms with van der Waals surface area (Å²) in [6.07, 6.45) is 6.16. The lowest BCUT2D eigenvalue weighted by atomic mass is 9.77. The van der Waals surface area contributed by atoms with Crippen LogP contribution in [0.1, 0.15) is 44.2 Å². The zero-order valence-corrected chi connectivity index (χ0v) is 11.7. The van der Waals surface area contributed by atoms with E-state index in [1.54, 1.807) is 0 Å². The van der Waals surface area contributed by atoms with Crippen molar-refractivity contribution in [3.05, 3.63) is 41.5 Å². The number of benzene rings is 1. The Bertz CT molecular complexity index is 384. The molecule has 1 aromatic rings. The maximum atomic E-state index is 3.48. The zero-order chi connectivity index (χ0) is 11.6. The highest BCUT2D eigenvalue weighted by Gasteiger charge is 2.21. The van der Waals surface area contributed by atoms with Crippen LogP contribution in [-0.4, -0.2) is 0 Å². The van der Waals surface area contributed by atoms with Crippen LogP contribution in [0.2, 0.25) is 0 Å². The van der Waals surface area contributed by atoms with Gasteiger partial charge in [0.15, 0.2) is 0 Å². The molecule has 0 saturated heterocycles. The second-order valence-corrected chi connectivity index (χ2v) is 5.99. The van der Waals surface area contributed by atoms with Gasteiger partial charge in [-0.2, -0.15) is 0 Å². The predicted molar refractivity (Wildman–Crippen MR) is 74.7 cm³/mol. The molecule has 0 N–H and O–H groups in total. The van der Waals surface area contributed by atoms with E-state index in [1.807, 2.05) is 0 Å². The monoisotopic (exact) mass is 278 g/mol. The highest BCUT2D eigenvalue weighted by Crippen LogP contribution is 2.37. The van der Waals surface area contributed by atoms with Crippen molar-refractivity contribution in [3.63, 3.8) is 0 Å². The summed E-state index contributed by atoms with van der Waals surface area (Å²) in [6, 6.07) is 8.93. The van der Waals surface area contributed by atoms with Crippen LogP contribution in [-0.2, 0) is 5.33 Å². The quantitative estimate of drug-likeness (QED) is 0.655. The van der Waals surface area contributed by atoms with Crippen molar-refractivity contribution in [2.24, 2.45) is 5.41 Å². The summed E-state index contributed by atoms with van der Waals surface area (Å²) in [5.41, 5.74) is 4.78. The van der Waals surface area contributed by atoms with Crippen molar-refractivity contribution >= 4 is 21.5 Å². The first-order valence-corrected chi connectivity index (χ1v) is 7.07. The standard InChI is InChI=1S/C15H19Br/c1-15(2)9-7-14(8-10-15)13-5-3-12(11-16)4-6-13/h3-7H,8-11H2,1-2H3. The van der Waals surface area contributed by atoms with E-state index in [1.165, 1.54) is 36.0 Å². The first kappa shape index (κ1) is 11.9. The summed E-state index contributed by atoms with van der Waals surface area (Å²) in [4.78, 5) is 0. The van der Waals surface area contributed by atoms with E-state index in [0.29, 0.717) is 5.41 Å². The fourth-order valence-electron chi connectivity index (χ4n) is 2.15. The van der Waals surface area contributed by atoms with E-state index >= 15 is 0 Å². The van der Waals surface area contributed by atoms with Crippen LogP contribution in [0.3, 0.4) is 0 Å². The van der Waals surface area contributed by atoms with Crippen LogP contribution in [0.4, 0.5) is 0 Å². The van der Waals surface area contributed by atoms with Gasteiger partial charge in [0.05, 0.1) is 0 Å². The Balaban J connectivity index is 2.16. The fourth-order valence-corrected chi connectivity index (χ4v) is 2.52. The molecule has 1 heteroatoms. The van der Waals surface area contributed by atoms with Gasteiger partial charge in [0.2, 0.25) is 0 Å². The third-order valence-electron chi connectivity index (χ3n) is 3.45. The van der Waals surface area contributed by atoms with Gasteiger partial charge in [-0.15, -0.1) is 0 Å². The van der Waals surface area contributed by atoms with Crippen LogP contribution >= 0.6 is 15.9 Å². The number of hydrogen-bond donors (Lipinski definition) is 0.